The molecule has 3 rings (SSSR count). The van der Waals surface area contributed by atoms with Gasteiger partial charge in [0.2, 0.25) is 0 Å². The number of hydrogen-bond donors (Lipinski definition) is 0. The Hall–Kier alpha value is -1.98. The van der Waals surface area contributed by atoms with Crippen molar-refractivity contribution in [3.63, 3.8) is 0 Å². The fourth-order valence-corrected chi connectivity index (χ4v) is 5.31. The van der Waals surface area contributed by atoms with E-state index in [0.29, 0.717) is 6.42 Å². The Morgan fingerprint density at radius 1 is 1.26 bits per heavy atom. The minimum Gasteiger partial charge on any atom is -0.422 e. The van der Waals surface area contributed by atoms with Crippen LogP contribution in [0.2, 0.25) is 0 Å². The molecule has 1 aliphatic carbocycles. The van der Waals surface area contributed by atoms with Gasteiger partial charge in [-0.05, 0) is 82.6 Å². The number of methoxy groups -OCH3 is 1. The normalized spacial score (nSPS) is 38.9. The molecule has 170 valence electrons. The first-order valence-electron chi connectivity index (χ1n) is 11.1. The Morgan fingerprint density at radius 2 is 1.94 bits per heavy atom. The van der Waals surface area contributed by atoms with Crippen molar-refractivity contribution in [1.82, 2.24) is 0 Å². The second-order valence-corrected chi connectivity index (χ2v) is 9.98. The highest BCUT2D eigenvalue weighted by molar-refractivity contribution is 5.94. The van der Waals surface area contributed by atoms with Crippen LogP contribution in [0.4, 0.5) is 0 Å². The number of ketones is 1. The lowest BCUT2D eigenvalue weighted by molar-refractivity contribution is -0.227. The molecule has 0 spiro atoms. The van der Waals surface area contributed by atoms with Crippen molar-refractivity contribution in [3.05, 3.63) is 47.1 Å². The molecule has 0 unspecified atom stereocenters. The minimum atomic E-state index is -1.32. The zero-order chi connectivity index (χ0) is 23.1. The summed E-state index contributed by atoms with van der Waals surface area (Å²) >= 11 is 0. The van der Waals surface area contributed by atoms with Crippen LogP contribution in [-0.2, 0) is 23.8 Å². The van der Waals surface area contributed by atoms with Gasteiger partial charge in [-0.25, -0.2) is 4.79 Å². The van der Waals surface area contributed by atoms with Crippen LogP contribution in [-0.4, -0.2) is 36.4 Å². The number of fused-ring (bicyclic) bond motifs is 3. The van der Waals surface area contributed by atoms with E-state index in [4.69, 9.17) is 14.2 Å². The molecule has 0 amide bonds. The number of hydrogen-bond acceptors (Lipinski definition) is 5. The molecule has 2 aliphatic heterocycles. The number of carbonyl (C=O) groups excluding carboxylic acids is 2. The predicted octanol–water partition coefficient (Wildman–Crippen LogP) is 4.94. The van der Waals surface area contributed by atoms with Gasteiger partial charge in [0.25, 0.3) is 5.79 Å². The maximum Gasteiger partial charge on any atom is 0.333 e. The lowest BCUT2D eigenvalue weighted by Gasteiger charge is -2.40. The first-order chi connectivity index (χ1) is 14.4. The summed E-state index contributed by atoms with van der Waals surface area (Å²) in [4.78, 5) is 25.6. The van der Waals surface area contributed by atoms with E-state index in [1.807, 2.05) is 52.8 Å². The van der Waals surface area contributed by atoms with Crippen LogP contribution in [0.15, 0.2) is 47.1 Å². The molecule has 0 saturated heterocycles. The number of allylic oxidation sites excluding steroid dienone is 4. The van der Waals surface area contributed by atoms with Crippen LogP contribution >= 0.6 is 0 Å². The third kappa shape index (κ3) is 4.35. The average molecular weight is 429 g/mol. The number of carbonyl (C=O) groups is 2. The Morgan fingerprint density at radius 3 is 2.52 bits per heavy atom. The van der Waals surface area contributed by atoms with Crippen LogP contribution in [0, 0.1) is 23.7 Å². The maximum absolute atomic E-state index is 13.0. The quantitative estimate of drug-likeness (QED) is 0.361. The van der Waals surface area contributed by atoms with Gasteiger partial charge in [-0.1, -0.05) is 31.1 Å². The molecule has 31 heavy (non-hydrogen) atoms. The second-order valence-electron chi connectivity index (χ2n) is 9.98. The summed E-state index contributed by atoms with van der Waals surface area (Å²) in [5, 5.41) is 0. The van der Waals surface area contributed by atoms with Crippen molar-refractivity contribution in [2.45, 2.75) is 72.4 Å². The fourth-order valence-electron chi connectivity index (χ4n) is 5.31. The van der Waals surface area contributed by atoms with Gasteiger partial charge in [0.05, 0.1) is 6.10 Å². The van der Waals surface area contributed by atoms with E-state index < -0.39 is 17.4 Å². The summed E-state index contributed by atoms with van der Waals surface area (Å²) in [6.07, 6.45) is 9.59. The maximum atomic E-state index is 13.0. The Balaban J connectivity index is 2.16. The highest BCUT2D eigenvalue weighted by Gasteiger charge is 2.53. The lowest BCUT2D eigenvalue weighted by atomic mass is 9.65. The molecule has 6 atom stereocenters. The van der Waals surface area contributed by atoms with E-state index in [0.717, 1.165) is 16.7 Å². The van der Waals surface area contributed by atoms with Crippen molar-refractivity contribution in [2.75, 3.05) is 7.11 Å². The molecule has 5 nitrogen and oxygen atoms in total. The number of ether oxygens (including phenoxy) is 3. The van der Waals surface area contributed by atoms with E-state index >= 15 is 0 Å². The van der Waals surface area contributed by atoms with Crippen molar-refractivity contribution >= 4 is 11.8 Å². The van der Waals surface area contributed by atoms with Gasteiger partial charge < -0.3 is 14.2 Å². The molecule has 0 radical (unpaired) electrons. The first-order valence-corrected chi connectivity index (χ1v) is 11.1. The third-order valence-electron chi connectivity index (χ3n) is 6.93. The average Bonchev–Trinajstić information content (AvgIpc) is 2.99. The summed E-state index contributed by atoms with van der Waals surface area (Å²) < 4.78 is 18.4. The minimum absolute atomic E-state index is 0.0193. The SMILES string of the molecule is CO[C@H]1C[C@H]2C(C)=CC(=O)[C@H](C(C)C)[C@H]2/C=C(/C)[C@@]2(OC(=O)C=C(C)C)C=C[C@]1(C)O2. The fraction of sp³-hybridized carbons (Fsp3) is 0.615. The van der Waals surface area contributed by atoms with E-state index in [2.05, 4.69) is 19.9 Å². The van der Waals surface area contributed by atoms with Crippen molar-refractivity contribution < 1.29 is 23.8 Å². The lowest BCUT2D eigenvalue weighted by Crippen LogP contribution is -2.47. The molecule has 0 saturated carbocycles. The first kappa shape index (κ1) is 23.7. The summed E-state index contributed by atoms with van der Waals surface area (Å²) in [5.41, 5.74) is 1.94. The molecule has 2 heterocycles. The zero-order valence-corrected chi connectivity index (χ0v) is 20.0. The summed E-state index contributed by atoms with van der Waals surface area (Å²) in [6, 6.07) is 0. The summed E-state index contributed by atoms with van der Waals surface area (Å²) in [7, 11) is 1.68. The number of rotatable bonds is 4. The number of esters is 1. The monoisotopic (exact) mass is 428 g/mol. The van der Waals surface area contributed by atoms with Gasteiger partial charge in [-0.3, -0.25) is 4.79 Å². The Bertz CT molecular complexity index is 872. The van der Waals surface area contributed by atoms with Gasteiger partial charge in [-0.2, -0.15) is 0 Å². The van der Waals surface area contributed by atoms with Gasteiger partial charge in [-0.15, -0.1) is 0 Å². The molecular weight excluding hydrogens is 392 g/mol. The van der Waals surface area contributed by atoms with Gasteiger partial charge in [0.15, 0.2) is 5.78 Å². The molecule has 0 fully saturated rings. The standard InChI is InChI=1S/C26H36O5/c1-15(2)11-23(28)30-26-10-9-25(7,31-26)22(29-8)14-19-17(5)12-21(27)24(16(3)4)20(19)13-18(26)6/h9-13,16,19-20,22,24H,14H2,1-8H3/b18-13-/t19-,20-,22-,24+,25-,26+/m0/s1. The van der Waals surface area contributed by atoms with Crippen molar-refractivity contribution in [3.8, 4) is 0 Å². The summed E-state index contributed by atoms with van der Waals surface area (Å²) in [6.45, 7) is 13.8. The van der Waals surface area contributed by atoms with Crippen molar-refractivity contribution in [1.29, 1.82) is 0 Å². The molecule has 3 aliphatic rings. The van der Waals surface area contributed by atoms with Crippen LogP contribution in [0.1, 0.15) is 54.9 Å². The zero-order valence-electron chi connectivity index (χ0n) is 20.0. The highest BCUT2D eigenvalue weighted by Crippen LogP contribution is 2.48. The predicted molar refractivity (Wildman–Crippen MR) is 120 cm³/mol. The molecular formula is C26H36O5. The van der Waals surface area contributed by atoms with Gasteiger partial charge in [0, 0.05) is 19.1 Å². The molecule has 5 heteroatoms. The van der Waals surface area contributed by atoms with E-state index in [1.165, 1.54) is 6.08 Å². The summed E-state index contributed by atoms with van der Waals surface area (Å²) in [5.74, 6) is -1.44. The van der Waals surface area contributed by atoms with Gasteiger partial charge in [0.1, 0.15) is 5.60 Å². The Kier molecular flexibility index (Phi) is 6.50. The topological polar surface area (TPSA) is 61.8 Å². The van der Waals surface area contributed by atoms with Crippen LogP contribution < -0.4 is 0 Å². The molecule has 0 aromatic carbocycles. The van der Waals surface area contributed by atoms with E-state index in [9.17, 15) is 9.59 Å². The third-order valence-corrected chi connectivity index (χ3v) is 6.93. The molecule has 0 N–H and O–H groups in total. The Labute approximate surface area is 186 Å². The highest BCUT2D eigenvalue weighted by atomic mass is 16.7. The van der Waals surface area contributed by atoms with Gasteiger partial charge >= 0.3 is 5.97 Å². The largest absolute Gasteiger partial charge is 0.422 e. The van der Waals surface area contributed by atoms with E-state index in [1.54, 1.807) is 7.11 Å². The van der Waals surface area contributed by atoms with Crippen LogP contribution in [0.5, 0.6) is 0 Å². The molecule has 0 aromatic rings. The van der Waals surface area contributed by atoms with Crippen LogP contribution in [0.3, 0.4) is 0 Å². The second kappa shape index (κ2) is 8.51. The smallest absolute Gasteiger partial charge is 0.333 e. The van der Waals surface area contributed by atoms with Crippen molar-refractivity contribution in [2.24, 2.45) is 23.7 Å². The molecule has 0 aromatic heterocycles. The van der Waals surface area contributed by atoms with E-state index in [-0.39, 0.29) is 35.6 Å². The molecule has 2 bridgehead atoms. The van der Waals surface area contributed by atoms with Crippen LogP contribution in [0.25, 0.3) is 0 Å².